The third kappa shape index (κ3) is 3.55. The summed E-state index contributed by atoms with van der Waals surface area (Å²) in [5.74, 6) is -0.275. The van der Waals surface area contributed by atoms with Crippen molar-refractivity contribution in [2.45, 2.75) is 19.4 Å². The Bertz CT molecular complexity index is 933. The van der Waals surface area contributed by atoms with E-state index < -0.39 is 16.5 Å². The highest BCUT2D eigenvalue weighted by Gasteiger charge is 2.27. The molecule has 1 aliphatic rings. The Morgan fingerprint density at radius 2 is 2.07 bits per heavy atom. The van der Waals surface area contributed by atoms with Crippen molar-refractivity contribution in [1.29, 1.82) is 0 Å². The van der Waals surface area contributed by atoms with Gasteiger partial charge in [0.2, 0.25) is 0 Å². The summed E-state index contributed by atoms with van der Waals surface area (Å²) in [5.41, 5.74) is -0.0998. The van der Waals surface area contributed by atoms with Crippen molar-refractivity contribution in [3.8, 4) is 11.5 Å². The summed E-state index contributed by atoms with van der Waals surface area (Å²) >= 11 is 0. The predicted octanol–water partition coefficient (Wildman–Crippen LogP) is 4.23. The van der Waals surface area contributed by atoms with E-state index in [-0.39, 0.29) is 16.9 Å². The van der Waals surface area contributed by atoms with Crippen LogP contribution in [-0.2, 0) is 0 Å². The van der Waals surface area contributed by atoms with Crippen molar-refractivity contribution >= 4 is 29.1 Å². The van der Waals surface area contributed by atoms with E-state index in [9.17, 15) is 20.0 Å². The van der Waals surface area contributed by atoms with E-state index in [1.807, 2.05) is 26.0 Å². The monoisotopic (exact) mass is 370 g/mol. The molecule has 0 fully saturated rings. The quantitative estimate of drug-likeness (QED) is 0.598. The first-order valence-corrected chi connectivity index (χ1v) is 8.10. The molecule has 1 heterocycles. The maximum atomic E-state index is 11.6. The van der Waals surface area contributed by atoms with Crippen molar-refractivity contribution in [2.75, 3.05) is 12.4 Å². The predicted molar refractivity (Wildman–Crippen MR) is 100 cm³/mol. The molecule has 0 atom stereocenters. The van der Waals surface area contributed by atoms with E-state index in [1.165, 1.54) is 25.3 Å². The van der Waals surface area contributed by atoms with E-state index in [1.54, 1.807) is 12.1 Å². The number of anilines is 2. The van der Waals surface area contributed by atoms with Crippen LogP contribution < -0.4 is 14.8 Å². The highest BCUT2D eigenvalue weighted by atomic mass is 16.6. The molecular weight excluding hydrogens is 352 g/mol. The lowest BCUT2D eigenvalue weighted by molar-refractivity contribution is -0.383. The lowest BCUT2D eigenvalue weighted by atomic mass is 10.0. The van der Waals surface area contributed by atoms with Crippen LogP contribution in [0.15, 0.2) is 36.4 Å². The number of nitrogens with zero attached hydrogens (tertiary/aromatic N) is 1. The number of carboxylic acid groups (broad SMARTS) is 1. The molecule has 1 aliphatic heterocycles. The summed E-state index contributed by atoms with van der Waals surface area (Å²) in [6, 6.07) is 7.23. The second-order valence-corrected chi connectivity index (χ2v) is 6.51. The SMILES string of the molecule is COc1cc(Nc2c(C(=O)O)cccc2[N+](=O)[O-])c2c(c1)OC(C)(C)C=C2. The lowest BCUT2D eigenvalue weighted by Gasteiger charge is -2.29. The van der Waals surface area contributed by atoms with Crippen LogP contribution in [0, 0.1) is 10.1 Å². The Balaban J connectivity index is 2.17. The first-order chi connectivity index (χ1) is 12.7. The molecule has 2 N–H and O–H groups in total. The first kappa shape index (κ1) is 18.2. The summed E-state index contributed by atoms with van der Waals surface area (Å²) in [6.45, 7) is 3.78. The minimum absolute atomic E-state index is 0.108. The molecule has 0 bridgehead atoms. The Hall–Kier alpha value is -3.55. The second kappa shape index (κ2) is 6.64. The van der Waals surface area contributed by atoms with E-state index in [4.69, 9.17) is 9.47 Å². The van der Waals surface area contributed by atoms with Gasteiger partial charge in [0.05, 0.1) is 23.3 Å². The standard InChI is InChI=1S/C19H18N2O6/c1-19(2)8-7-12-14(9-11(26-3)10-16(12)27-19)20-17-13(18(22)23)5-4-6-15(17)21(24)25/h4-10,20H,1-3H3,(H,22,23). The van der Waals surface area contributed by atoms with Crippen LogP contribution in [0.25, 0.3) is 6.08 Å². The molecule has 8 heteroatoms. The van der Waals surface area contributed by atoms with Gasteiger partial charge in [0.25, 0.3) is 5.69 Å². The van der Waals surface area contributed by atoms with Crippen molar-refractivity contribution in [2.24, 2.45) is 0 Å². The highest BCUT2D eigenvalue weighted by Crippen LogP contribution is 2.41. The summed E-state index contributed by atoms with van der Waals surface area (Å²) in [6.07, 6.45) is 3.68. The molecule has 140 valence electrons. The second-order valence-electron chi connectivity index (χ2n) is 6.51. The van der Waals surface area contributed by atoms with Gasteiger partial charge in [-0.2, -0.15) is 0 Å². The van der Waals surface area contributed by atoms with Gasteiger partial charge in [-0.1, -0.05) is 6.07 Å². The number of rotatable bonds is 5. The van der Waals surface area contributed by atoms with Crippen LogP contribution >= 0.6 is 0 Å². The maximum Gasteiger partial charge on any atom is 0.338 e. The molecular formula is C19H18N2O6. The van der Waals surface area contributed by atoms with E-state index in [0.29, 0.717) is 22.7 Å². The number of benzene rings is 2. The fourth-order valence-corrected chi connectivity index (χ4v) is 2.82. The van der Waals surface area contributed by atoms with Gasteiger partial charge in [0.15, 0.2) is 0 Å². The van der Waals surface area contributed by atoms with Crippen molar-refractivity contribution < 1.29 is 24.3 Å². The number of nitro groups is 1. The number of ether oxygens (including phenoxy) is 2. The number of fused-ring (bicyclic) bond motifs is 1. The Morgan fingerprint density at radius 1 is 1.33 bits per heavy atom. The summed E-state index contributed by atoms with van der Waals surface area (Å²) in [7, 11) is 1.49. The maximum absolute atomic E-state index is 11.6. The molecule has 2 aromatic carbocycles. The molecule has 0 spiro atoms. The Morgan fingerprint density at radius 3 is 2.70 bits per heavy atom. The molecule has 0 aliphatic carbocycles. The molecule has 0 unspecified atom stereocenters. The van der Waals surface area contributed by atoms with E-state index in [0.717, 1.165) is 0 Å². The molecule has 3 rings (SSSR count). The average Bonchev–Trinajstić information content (AvgIpc) is 2.60. The Kier molecular flexibility index (Phi) is 4.49. The minimum atomic E-state index is -1.27. The average molecular weight is 370 g/mol. The van der Waals surface area contributed by atoms with E-state index >= 15 is 0 Å². The normalized spacial score (nSPS) is 14.0. The largest absolute Gasteiger partial charge is 0.497 e. The van der Waals surface area contributed by atoms with Gasteiger partial charge in [-0.05, 0) is 32.1 Å². The fourth-order valence-electron chi connectivity index (χ4n) is 2.82. The topological polar surface area (TPSA) is 111 Å². The molecule has 8 nitrogen and oxygen atoms in total. The molecule has 2 aromatic rings. The van der Waals surface area contributed by atoms with Crippen molar-refractivity contribution in [3.05, 3.63) is 57.6 Å². The fraction of sp³-hybridized carbons (Fsp3) is 0.211. The van der Waals surface area contributed by atoms with Gasteiger partial charge in [0, 0.05) is 23.8 Å². The Labute approximate surface area is 155 Å². The number of carbonyl (C=O) groups is 1. The summed E-state index contributed by atoms with van der Waals surface area (Å²) in [4.78, 5) is 22.3. The zero-order valence-electron chi connectivity index (χ0n) is 15.0. The molecule has 0 amide bonds. The van der Waals surface area contributed by atoms with Crippen molar-refractivity contribution in [3.63, 3.8) is 0 Å². The third-order valence-corrected chi connectivity index (χ3v) is 4.10. The molecule has 27 heavy (non-hydrogen) atoms. The summed E-state index contributed by atoms with van der Waals surface area (Å²) < 4.78 is 11.2. The van der Waals surface area contributed by atoms with Crippen LogP contribution in [0.3, 0.4) is 0 Å². The summed E-state index contributed by atoms with van der Waals surface area (Å²) in [5, 5.41) is 23.7. The van der Waals surface area contributed by atoms with Crippen LogP contribution in [0.2, 0.25) is 0 Å². The molecule has 0 aromatic heterocycles. The number of para-hydroxylation sites is 1. The number of hydrogen-bond acceptors (Lipinski definition) is 6. The van der Waals surface area contributed by atoms with Gasteiger partial charge in [-0.15, -0.1) is 0 Å². The number of methoxy groups -OCH3 is 1. The molecule has 0 saturated carbocycles. The van der Waals surface area contributed by atoms with Crippen LogP contribution in [0.1, 0.15) is 29.8 Å². The number of aromatic carboxylic acids is 1. The molecule has 0 saturated heterocycles. The van der Waals surface area contributed by atoms with Gasteiger partial charge in [-0.3, -0.25) is 10.1 Å². The number of carboxylic acids is 1. The minimum Gasteiger partial charge on any atom is -0.497 e. The number of nitrogens with one attached hydrogen (secondary N) is 1. The zero-order chi connectivity index (χ0) is 19.8. The lowest BCUT2D eigenvalue weighted by Crippen LogP contribution is -2.27. The first-order valence-electron chi connectivity index (χ1n) is 8.10. The van der Waals surface area contributed by atoms with Crippen molar-refractivity contribution in [1.82, 2.24) is 0 Å². The van der Waals surface area contributed by atoms with Crippen LogP contribution in [0.4, 0.5) is 17.1 Å². The zero-order valence-corrected chi connectivity index (χ0v) is 15.0. The highest BCUT2D eigenvalue weighted by molar-refractivity contribution is 5.98. The smallest absolute Gasteiger partial charge is 0.338 e. The van der Waals surface area contributed by atoms with Crippen LogP contribution in [0.5, 0.6) is 11.5 Å². The number of nitro benzene ring substituents is 1. The number of hydrogen-bond donors (Lipinski definition) is 2. The van der Waals surface area contributed by atoms with Gasteiger partial charge in [0.1, 0.15) is 22.8 Å². The van der Waals surface area contributed by atoms with Gasteiger partial charge < -0.3 is 19.9 Å². The van der Waals surface area contributed by atoms with E-state index in [2.05, 4.69) is 5.32 Å². The van der Waals surface area contributed by atoms with Gasteiger partial charge >= 0.3 is 5.97 Å². The van der Waals surface area contributed by atoms with Crippen LogP contribution in [-0.4, -0.2) is 28.7 Å². The van der Waals surface area contributed by atoms with Gasteiger partial charge in [-0.25, -0.2) is 4.79 Å². The molecule has 0 radical (unpaired) electrons. The third-order valence-electron chi connectivity index (χ3n) is 4.10.